The van der Waals surface area contributed by atoms with Gasteiger partial charge in [0.15, 0.2) is 0 Å². The number of hydrogen-bond donors (Lipinski definition) is 2. The van der Waals surface area contributed by atoms with Crippen LogP contribution in [0.1, 0.15) is 6.92 Å². The molecule has 0 aliphatic carbocycles. The lowest BCUT2D eigenvalue weighted by Gasteiger charge is -2.12. The zero-order valence-corrected chi connectivity index (χ0v) is 10.2. The van der Waals surface area contributed by atoms with Crippen molar-refractivity contribution in [1.82, 2.24) is 4.98 Å². The molecule has 1 aromatic heterocycles. The molecule has 90 valence electrons. The van der Waals surface area contributed by atoms with Crippen molar-refractivity contribution in [1.29, 1.82) is 0 Å². The Balaban J connectivity index is 2.61. The molecule has 1 aromatic carbocycles. The van der Waals surface area contributed by atoms with Gasteiger partial charge in [0.2, 0.25) is 0 Å². The molecule has 2 aromatic rings. The average Bonchev–Trinajstić information content (AvgIpc) is 2.34. The van der Waals surface area contributed by atoms with E-state index in [1.54, 1.807) is 12.3 Å². The van der Waals surface area contributed by atoms with E-state index in [0.29, 0.717) is 16.1 Å². The number of thioether (sulfide) groups is 1. The number of nitrogen functional groups attached to an aromatic ring is 1. The second kappa shape index (κ2) is 4.89. The van der Waals surface area contributed by atoms with Crippen LogP contribution in [0.3, 0.4) is 0 Å². The van der Waals surface area contributed by atoms with Crippen molar-refractivity contribution in [2.45, 2.75) is 17.1 Å². The molecule has 3 N–H and O–H groups in total. The van der Waals surface area contributed by atoms with Crippen LogP contribution in [0.25, 0.3) is 10.9 Å². The molecule has 0 aliphatic heterocycles. The Kier molecular flexibility index (Phi) is 3.49. The summed E-state index contributed by atoms with van der Waals surface area (Å²) in [6.45, 7) is 1.82. The molecule has 0 radical (unpaired) electrons. The van der Waals surface area contributed by atoms with Gasteiger partial charge in [0, 0.05) is 22.5 Å². The molecule has 0 amide bonds. The monoisotopic (exact) mass is 252 g/mol. The average molecular weight is 252 g/mol. The minimum atomic E-state index is -0.390. The summed E-state index contributed by atoms with van der Waals surface area (Å²) in [6, 6.07) is 4.88. The topological polar surface area (TPSA) is 59.1 Å². The van der Waals surface area contributed by atoms with Crippen molar-refractivity contribution >= 4 is 28.4 Å². The van der Waals surface area contributed by atoms with Crippen molar-refractivity contribution < 1.29 is 9.50 Å². The molecule has 0 saturated carbocycles. The van der Waals surface area contributed by atoms with Crippen molar-refractivity contribution in [2.24, 2.45) is 0 Å². The minimum Gasteiger partial charge on any atom is -0.398 e. The van der Waals surface area contributed by atoms with Crippen LogP contribution in [0.2, 0.25) is 0 Å². The van der Waals surface area contributed by atoms with E-state index in [1.165, 1.54) is 17.8 Å². The molecule has 2 rings (SSSR count). The van der Waals surface area contributed by atoms with E-state index in [2.05, 4.69) is 4.98 Å². The van der Waals surface area contributed by atoms with Gasteiger partial charge in [-0.3, -0.25) is 4.98 Å². The van der Waals surface area contributed by atoms with Gasteiger partial charge in [0.05, 0.1) is 17.0 Å². The maximum Gasteiger partial charge on any atom is 0.141 e. The highest BCUT2D eigenvalue weighted by Gasteiger charge is 2.14. The summed E-state index contributed by atoms with van der Waals surface area (Å²) in [5.41, 5.74) is 6.68. The first-order valence-corrected chi connectivity index (χ1v) is 6.11. The number of nitrogens with two attached hydrogens (primary N) is 1. The fourth-order valence-corrected chi connectivity index (χ4v) is 2.49. The van der Waals surface area contributed by atoms with Crippen LogP contribution in [0.15, 0.2) is 29.3 Å². The second-order valence-electron chi connectivity index (χ2n) is 3.79. The van der Waals surface area contributed by atoms with Crippen LogP contribution in [0, 0.1) is 5.82 Å². The zero-order chi connectivity index (χ0) is 12.4. The van der Waals surface area contributed by atoms with Crippen molar-refractivity contribution in [3.05, 3.63) is 30.2 Å². The van der Waals surface area contributed by atoms with E-state index in [4.69, 9.17) is 10.8 Å². The molecule has 0 spiro atoms. The first-order valence-electron chi connectivity index (χ1n) is 5.23. The summed E-state index contributed by atoms with van der Waals surface area (Å²) in [6.07, 6.45) is 1.61. The fourth-order valence-electron chi connectivity index (χ4n) is 1.56. The van der Waals surface area contributed by atoms with Gasteiger partial charge in [0.25, 0.3) is 0 Å². The molecule has 1 unspecified atom stereocenters. The van der Waals surface area contributed by atoms with Crippen LogP contribution in [-0.4, -0.2) is 21.9 Å². The van der Waals surface area contributed by atoms with E-state index in [-0.39, 0.29) is 17.7 Å². The first kappa shape index (κ1) is 12.1. The van der Waals surface area contributed by atoms with Crippen LogP contribution >= 0.6 is 11.8 Å². The molecule has 0 saturated heterocycles. The Morgan fingerprint density at radius 3 is 3.06 bits per heavy atom. The van der Waals surface area contributed by atoms with E-state index in [0.717, 1.165) is 5.39 Å². The second-order valence-corrected chi connectivity index (χ2v) is 5.24. The molecule has 0 aliphatic rings. The van der Waals surface area contributed by atoms with E-state index >= 15 is 0 Å². The van der Waals surface area contributed by atoms with E-state index in [9.17, 15) is 4.39 Å². The van der Waals surface area contributed by atoms with Gasteiger partial charge in [-0.05, 0) is 18.2 Å². The third kappa shape index (κ3) is 2.35. The molecule has 1 atom stereocenters. The largest absolute Gasteiger partial charge is 0.398 e. The number of aliphatic hydroxyl groups is 1. The SMILES string of the molecule is CC(CO)Sc1c(F)cc(N)c2cccnc12. The first-order chi connectivity index (χ1) is 8.13. The van der Waals surface area contributed by atoms with Gasteiger partial charge < -0.3 is 10.8 Å². The predicted octanol–water partition coefficient (Wildman–Crippen LogP) is 2.43. The number of nitrogens with zero attached hydrogens (tertiary/aromatic N) is 1. The summed E-state index contributed by atoms with van der Waals surface area (Å²) in [5.74, 6) is -0.390. The summed E-state index contributed by atoms with van der Waals surface area (Å²) in [5, 5.41) is 9.68. The highest BCUT2D eigenvalue weighted by Crippen LogP contribution is 2.34. The highest BCUT2D eigenvalue weighted by molar-refractivity contribution is 8.00. The van der Waals surface area contributed by atoms with Crippen LogP contribution in [0.5, 0.6) is 0 Å². The lowest BCUT2D eigenvalue weighted by molar-refractivity contribution is 0.300. The third-order valence-electron chi connectivity index (χ3n) is 2.41. The highest BCUT2D eigenvalue weighted by atomic mass is 32.2. The van der Waals surface area contributed by atoms with Crippen molar-refractivity contribution in [2.75, 3.05) is 12.3 Å². The maximum absolute atomic E-state index is 13.9. The fraction of sp³-hybridized carbons (Fsp3) is 0.250. The number of rotatable bonds is 3. The number of anilines is 1. The Labute approximate surface area is 103 Å². The summed E-state index contributed by atoms with van der Waals surface area (Å²) in [7, 11) is 0. The lowest BCUT2D eigenvalue weighted by Crippen LogP contribution is -2.03. The smallest absolute Gasteiger partial charge is 0.141 e. The molecule has 17 heavy (non-hydrogen) atoms. The van der Waals surface area contributed by atoms with Gasteiger partial charge in [-0.1, -0.05) is 6.92 Å². The maximum atomic E-state index is 13.9. The van der Waals surface area contributed by atoms with Gasteiger partial charge >= 0.3 is 0 Å². The number of aliphatic hydroxyl groups excluding tert-OH is 1. The number of benzene rings is 1. The number of fused-ring (bicyclic) bond motifs is 1. The lowest BCUT2D eigenvalue weighted by atomic mass is 10.2. The molecule has 0 bridgehead atoms. The molecule has 0 fully saturated rings. The van der Waals surface area contributed by atoms with Gasteiger partial charge in [-0.2, -0.15) is 0 Å². The predicted molar refractivity (Wildman–Crippen MR) is 68.5 cm³/mol. The molecular weight excluding hydrogens is 239 g/mol. The Morgan fingerprint density at radius 1 is 1.59 bits per heavy atom. The van der Waals surface area contributed by atoms with Crippen LogP contribution in [0.4, 0.5) is 10.1 Å². The molecule has 3 nitrogen and oxygen atoms in total. The molecule has 1 heterocycles. The van der Waals surface area contributed by atoms with Crippen molar-refractivity contribution in [3.8, 4) is 0 Å². The van der Waals surface area contributed by atoms with Crippen LogP contribution in [-0.2, 0) is 0 Å². The van der Waals surface area contributed by atoms with E-state index in [1.807, 2.05) is 13.0 Å². The number of halogens is 1. The van der Waals surface area contributed by atoms with Gasteiger partial charge in [-0.25, -0.2) is 4.39 Å². The number of pyridine rings is 1. The Bertz CT molecular complexity index is 547. The number of hydrogen-bond acceptors (Lipinski definition) is 4. The van der Waals surface area contributed by atoms with Gasteiger partial charge in [0.1, 0.15) is 5.82 Å². The van der Waals surface area contributed by atoms with E-state index < -0.39 is 0 Å². The Morgan fingerprint density at radius 2 is 2.35 bits per heavy atom. The normalized spacial score (nSPS) is 12.9. The number of aromatic nitrogens is 1. The van der Waals surface area contributed by atoms with Gasteiger partial charge in [-0.15, -0.1) is 11.8 Å². The summed E-state index contributed by atoms with van der Waals surface area (Å²) < 4.78 is 13.9. The Hall–Kier alpha value is -1.33. The minimum absolute atomic E-state index is 0.0111. The summed E-state index contributed by atoms with van der Waals surface area (Å²) >= 11 is 1.27. The molecular formula is C12H13FN2OS. The molecule has 5 heteroatoms. The van der Waals surface area contributed by atoms with Crippen molar-refractivity contribution in [3.63, 3.8) is 0 Å². The standard InChI is InChI=1S/C12H13FN2OS/c1-7(6-16)17-12-9(13)5-10(14)8-3-2-4-15-11(8)12/h2-5,7,16H,6,14H2,1H3. The third-order valence-corrected chi connectivity index (χ3v) is 3.58. The van der Waals surface area contributed by atoms with Crippen LogP contribution < -0.4 is 5.73 Å². The quantitative estimate of drug-likeness (QED) is 0.650. The summed E-state index contributed by atoms with van der Waals surface area (Å²) in [4.78, 5) is 4.61. The zero-order valence-electron chi connectivity index (χ0n) is 9.35.